The minimum absolute atomic E-state index is 0.450. The molecule has 0 fully saturated rings. The lowest BCUT2D eigenvalue weighted by atomic mass is 10.2. The molecule has 3 rings (SSSR count). The van der Waals surface area contributed by atoms with Crippen molar-refractivity contribution < 1.29 is 14.3 Å². The molecule has 2 heterocycles. The number of aliphatic carboxylic acids is 1. The molecule has 5 nitrogen and oxygen atoms in total. The molecule has 2 aromatic heterocycles. The van der Waals surface area contributed by atoms with E-state index in [-0.39, 0.29) is 0 Å². The molecule has 5 heteroatoms. The standard InChI is InChI=1S/C16H12N2O3/c1-10-9-12-13(7-8-14(19)20)17-15(18-16(12)21-10)11-5-3-2-4-6-11/h2-9H,1H3,(H,19,20)/b8-7+. The third-order valence-corrected chi connectivity index (χ3v) is 2.96. The van der Waals surface area contributed by atoms with Gasteiger partial charge in [0.1, 0.15) is 5.76 Å². The summed E-state index contributed by atoms with van der Waals surface area (Å²) in [5, 5.41) is 9.48. The summed E-state index contributed by atoms with van der Waals surface area (Å²) in [6.45, 7) is 1.81. The summed E-state index contributed by atoms with van der Waals surface area (Å²) in [4.78, 5) is 19.5. The molecule has 104 valence electrons. The van der Waals surface area contributed by atoms with Gasteiger partial charge in [-0.3, -0.25) is 0 Å². The Kier molecular flexibility index (Phi) is 3.23. The summed E-state index contributed by atoms with van der Waals surface area (Å²) in [5.74, 6) is 0.181. The lowest BCUT2D eigenvalue weighted by Gasteiger charge is -2.02. The number of fused-ring (bicyclic) bond motifs is 1. The van der Waals surface area contributed by atoms with Gasteiger partial charge < -0.3 is 9.52 Å². The van der Waals surface area contributed by atoms with Crippen LogP contribution in [0.4, 0.5) is 0 Å². The fourth-order valence-electron chi connectivity index (χ4n) is 2.06. The highest BCUT2D eigenvalue weighted by atomic mass is 16.4. The van der Waals surface area contributed by atoms with E-state index in [9.17, 15) is 4.79 Å². The second-order valence-corrected chi connectivity index (χ2v) is 4.55. The first-order valence-corrected chi connectivity index (χ1v) is 6.38. The Labute approximate surface area is 120 Å². The van der Waals surface area contributed by atoms with Crippen LogP contribution < -0.4 is 0 Å². The van der Waals surface area contributed by atoms with E-state index in [4.69, 9.17) is 9.52 Å². The minimum Gasteiger partial charge on any atom is -0.478 e. The zero-order valence-corrected chi connectivity index (χ0v) is 11.3. The van der Waals surface area contributed by atoms with Gasteiger partial charge in [0.25, 0.3) is 0 Å². The molecule has 0 spiro atoms. The van der Waals surface area contributed by atoms with Crippen LogP contribution in [-0.4, -0.2) is 21.0 Å². The van der Waals surface area contributed by atoms with Crippen LogP contribution in [0.15, 0.2) is 46.9 Å². The Morgan fingerprint density at radius 2 is 2.00 bits per heavy atom. The zero-order valence-electron chi connectivity index (χ0n) is 11.3. The number of nitrogens with zero attached hydrogens (tertiary/aromatic N) is 2. The van der Waals surface area contributed by atoms with Gasteiger partial charge in [-0.25, -0.2) is 9.78 Å². The molecule has 0 saturated heterocycles. The summed E-state index contributed by atoms with van der Waals surface area (Å²) < 4.78 is 5.55. The summed E-state index contributed by atoms with van der Waals surface area (Å²) in [5.41, 5.74) is 1.82. The summed E-state index contributed by atoms with van der Waals surface area (Å²) in [7, 11) is 0. The summed E-state index contributed by atoms with van der Waals surface area (Å²) in [6, 6.07) is 11.3. The van der Waals surface area contributed by atoms with Gasteiger partial charge in [-0.1, -0.05) is 30.3 Å². The topological polar surface area (TPSA) is 76.2 Å². The van der Waals surface area contributed by atoms with Crippen LogP contribution in [-0.2, 0) is 4.79 Å². The third kappa shape index (κ3) is 2.67. The minimum atomic E-state index is -1.02. The maximum atomic E-state index is 10.7. The summed E-state index contributed by atoms with van der Waals surface area (Å²) >= 11 is 0. The van der Waals surface area contributed by atoms with E-state index in [1.54, 1.807) is 6.07 Å². The third-order valence-electron chi connectivity index (χ3n) is 2.96. The Balaban J connectivity index is 2.21. The number of aryl methyl sites for hydroxylation is 1. The van der Waals surface area contributed by atoms with Crippen LogP contribution in [0.1, 0.15) is 11.5 Å². The van der Waals surface area contributed by atoms with Crippen molar-refractivity contribution in [2.24, 2.45) is 0 Å². The Morgan fingerprint density at radius 3 is 2.71 bits per heavy atom. The van der Waals surface area contributed by atoms with Crippen LogP contribution in [0.5, 0.6) is 0 Å². The number of carbonyl (C=O) groups is 1. The van der Waals surface area contributed by atoms with Gasteiger partial charge >= 0.3 is 5.97 Å². The Bertz CT molecular complexity index is 835. The second kappa shape index (κ2) is 5.20. The molecule has 0 amide bonds. The van der Waals surface area contributed by atoms with Crippen molar-refractivity contribution in [1.29, 1.82) is 0 Å². The molecule has 0 aliphatic heterocycles. The first-order chi connectivity index (χ1) is 10.1. The molecule has 0 atom stereocenters. The van der Waals surface area contributed by atoms with Crippen LogP contribution in [0.25, 0.3) is 28.6 Å². The number of hydrogen-bond donors (Lipinski definition) is 1. The molecule has 0 unspecified atom stereocenters. The van der Waals surface area contributed by atoms with Crippen molar-refractivity contribution in [3.05, 3.63) is 53.9 Å². The maximum absolute atomic E-state index is 10.7. The van der Waals surface area contributed by atoms with Crippen molar-refractivity contribution in [2.75, 3.05) is 0 Å². The van der Waals surface area contributed by atoms with E-state index in [1.165, 1.54) is 6.08 Å². The van der Waals surface area contributed by atoms with Crippen molar-refractivity contribution >= 4 is 23.1 Å². The second-order valence-electron chi connectivity index (χ2n) is 4.55. The summed E-state index contributed by atoms with van der Waals surface area (Å²) in [6.07, 6.45) is 2.51. The smallest absolute Gasteiger partial charge is 0.328 e. The average molecular weight is 280 g/mol. The number of carboxylic acid groups (broad SMARTS) is 1. The molecular weight excluding hydrogens is 268 g/mol. The highest BCUT2D eigenvalue weighted by molar-refractivity contribution is 5.91. The predicted molar refractivity (Wildman–Crippen MR) is 78.6 cm³/mol. The average Bonchev–Trinajstić information content (AvgIpc) is 2.85. The van der Waals surface area contributed by atoms with Crippen LogP contribution in [0.3, 0.4) is 0 Å². The van der Waals surface area contributed by atoms with Crippen molar-refractivity contribution in [3.8, 4) is 11.4 Å². The van der Waals surface area contributed by atoms with Crippen molar-refractivity contribution in [1.82, 2.24) is 9.97 Å². The van der Waals surface area contributed by atoms with E-state index in [1.807, 2.05) is 37.3 Å². The number of aromatic nitrogens is 2. The fraction of sp³-hybridized carbons (Fsp3) is 0.0625. The van der Waals surface area contributed by atoms with E-state index in [2.05, 4.69) is 9.97 Å². The Morgan fingerprint density at radius 1 is 1.24 bits per heavy atom. The van der Waals surface area contributed by atoms with E-state index in [0.717, 1.165) is 11.6 Å². The molecule has 0 radical (unpaired) electrons. The number of furan rings is 1. The van der Waals surface area contributed by atoms with Crippen LogP contribution in [0.2, 0.25) is 0 Å². The van der Waals surface area contributed by atoms with E-state index < -0.39 is 5.97 Å². The lowest BCUT2D eigenvalue weighted by molar-refractivity contribution is -0.131. The molecule has 0 aliphatic carbocycles. The van der Waals surface area contributed by atoms with Crippen LogP contribution in [0, 0.1) is 6.92 Å². The van der Waals surface area contributed by atoms with E-state index >= 15 is 0 Å². The quantitative estimate of drug-likeness (QED) is 0.745. The zero-order chi connectivity index (χ0) is 14.8. The predicted octanol–water partition coefficient (Wildman–Crippen LogP) is 3.30. The molecule has 1 N–H and O–H groups in total. The number of rotatable bonds is 3. The van der Waals surface area contributed by atoms with Gasteiger partial charge in [0.05, 0.1) is 11.1 Å². The molecule has 1 aromatic carbocycles. The van der Waals surface area contributed by atoms with Crippen molar-refractivity contribution in [3.63, 3.8) is 0 Å². The monoisotopic (exact) mass is 280 g/mol. The molecule has 3 aromatic rings. The van der Waals surface area contributed by atoms with Gasteiger partial charge in [0.2, 0.25) is 5.71 Å². The first kappa shape index (κ1) is 13.1. The molecule has 0 saturated carbocycles. The lowest BCUT2D eigenvalue weighted by Crippen LogP contribution is -1.93. The van der Waals surface area contributed by atoms with Gasteiger partial charge in [0, 0.05) is 11.6 Å². The van der Waals surface area contributed by atoms with Gasteiger partial charge in [-0.15, -0.1) is 0 Å². The molecule has 0 aliphatic rings. The van der Waals surface area contributed by atoms with Crippen molar-refractivity contribution in [2.45, 2.75) is 6.92 Å². The highest BCUT2D eigenvalue weighted by Crippen LogP contribution is 2.25. The SMILES string of the molecule is Cc1cc2c(/C=C/C(=O)O)nc(-c3ccccc3)nc2o1. The van der Waals surface area contributed by atoms with Gasteiger partial charge in [0.15, 0.2) is 5.82 Å². The normalized spacial score (nSPS) is 11.3. The first-order valence-electron chi connectivity index (χ1n) is 6.38. The molecular formula is C16H12N2O3. The highest BCUT2D eigenvalue weighted by Gasteiger charge is 2.11. The van der Waals surface area contributed by atoms with Gasteiger partial charge in [-0.05, 0) is 19.1 Å². The number of benzene rings is 1. The van der Waals surface area contributed by atoms with Gasteiger partial charge in [-0.2, -0.15) is 4.98 Å². The fourth-order valence-corrected chi connectivity index (χ4v) is 2.06. The number of carboxylic acids is 1. The largest absolute Gasteiger partial charge is 0.478 e. The maximum Gasteiger partial charge on any atom is 0.328 e. The van der Waals surface area contributed by atoms with Crippen LogP contribution >= 0.6 is 0 Å². The molecule has 21 heavy (non-hydrogen) atoms. The Hall–Kier alpha value is -2.95. The number of hydrogen-bond acceptors (Lipinski definition) is 4. The molecule has 0 bridgehead atoms. The van der Waals surface area contributed by atoms with E-state index in [0.29, 0.717) is 28.4 Å².